The first kappa shape index (κ1) is 20.5. The Balaban J connectivity index is 1.34. The second-order valence-electron chi connectivity index (χ2n) is 9.56. The Kier molecular flexibility index (Phi) is 4.63. The first-order valence-corrected chi connectivity index (χ1v) is 11.7. The van der Waals surface area contributed by atoms with Gasteiger partial charge in [-0.05, 0) is 53.9 Å². The second-order valence-corrected chi connectivity index (χ2v) is 9.99. The zero-order valence-corrected chi connectivity index (χ0v) is 18.5. The molecule has 33 heavy (non-hydrogen) atoms. The Morgan fingerprint density at radius 2 is 1.67 bits per heavy atom. The predicted octanol–water partition coefficient (Wildman–Crippen LogP) is 3.65. The molecule has 3 amide bonds. The molecule has 3 fully saturated rings. The number of rotatable bonds is 5. The van der Waals surface area contributed by atoms with Crippen molar-refractivity contribution in [2.75, 3.05) is 5.32 Å². The SMILES string of the molecule is O=C(Nc1cc(Cl)ccc1O)[C@H](Cc1ccccc1)N1C(=O)[C@@H]2[C@H]3C=C[C@@H]([C@@H]4C[C@@H]34)[C@H]2C1=O. The van der Waals surface area contributed by atoms with E-state index in [4.69, 9.17) is 11.6 Å². The Hall–Kier alpha value is -3.12. The summed E-state index contributed by atoms with van der Waals surface area (Å²) in [7, 11) is 0. The minimum Gasteiger partial charge on any atom is -0.506 e. The number of amides is 3. The number of imide groups is 1. The highest BCUT2D eigenvalue weighted by atomic mass is 35.5. The highest BCUT2D eigenvalue weighted by Crippen LogP contribution is 2.65. The monoisotopic (exact) mass is 462 g/mol. The molecule has 168 valence electrons. The maximum Gasteiger partial charge on any atom is 0.248 e. The molecule has 7 heteroatoms. The van der Waals surface area contributed by atoms with Crippen molar-refractivity contribution in [3.05, 3.63) is 71.3 Å². The van der Waals surface area contributed by atoms with E-state index in [1.54, 1.807) is 0 Å². The van der Waals surface area contributed by atoms with Gasteiger partial charge in [0.1, 0.15) is 11.8 Å². The molecule has 0 aromatic heterocycles. The van der Waals surface area contributed by atoms with Gasteiger partial charge in [0.2, 0.25) is 17.7 Å². The summed E-state index contributed by atoms with van der Waals surface area (Å²) in [6, 6.07) is 12.7. The van der Waals surface area contributed by atoms with Gasteiger partial charge in [0, 0.05) is 11.4 Å². The summed E-state index contributed by atoms with van der Waals surface area (Å²) in [4.78, 5) is 42.0. The van der Waals surface area contributed by atoms with Crippen molar-refractivity contribution in [2.45, 2.75) is 18.9 Å². The zero-order valence-electron chi connectivity index (χ0n) is 17.7. The van der Waals surface area contributed by atoms with E-state index in [1.807, 2.05) is 30.3 Å². The molecule has 1 aliphatic heterocycles. The van der Waals surface area contributed by atoms with Gasteiger partial charge in [-0.3, -0.25) is 19.3 Å². The maximum absolute atomic E-state index is 13.6. The lowest BCUT2D eigenvalue weighted by atomic mass is 9.63. The molecule has 2 N–H and O–H groups in total. The minimum atomic E-state index is -1.02. The van der Waals surface area contributed by atoms with E-state index >= 15 is 0 Å². The van der Waals surface area contributed by atoms with Crippen LogP contribution in [0.25, 0.3) is 0 Å². The van der Waals surface area contributed by atoms with Crippen LogP contribution < -0.4 is 5.32 Å². The fourth-order valence-electron chi connectivity index (χ4n) is 6.25. The predicted molar refractivity (Wildman–Crippen MR) is 122 cm³/mol. The fraction of sp³-hybridized carbons (Fsp3) is 0.346. The van der Waals surface area contributed by atoms with E-state index in [-0.39, 0.29) is 53.3 Å². The van der Waals surface area contributed by atoms with E-state index in [0.29, 0.717) is 16.9 Å². The normalized spacial score (nSPS) is 31.8. The van der Waals surface area contributed by atoms with E-state index in [1.165, 1.54) is 23.1 Å². The molecule has 2 bridgehead atoms. The largest absolute Gasteiger partial charge is 0.506 e. The first-order chi connectivity index (χ1) is 15.9. The summed E-state index contributed by atoms with van der Waals surface area (Å²) in [6.07, 6.45) is 5.51. The number of allylic oxidation sites excluding steroid dienone is 2. The molecule has 0 spiro atoms. The molecule has 2 aromatic rings. The van der Waals surface area contributed by atoms with Crippen LogP contribution in [0.2, 0.25) is 5.02 Å². The fourth-order valence-corrected chi connectivity index (χ4v) is 6.42. The topological polar surface area (TPSA) is 86.7 Å². The summed E-state index contributed by atoms with van der Waals surface area (Å²) < 4.78 is 0. The molecule has 0 radical (unpaired) electrons. The number of nitrogens with one attached hydrogen (secondary N) is 1. The van der Waals surface area contributed by atoms with Gasteiger partial charge in [-0.2, -0.15) is 0 Å². The molecule has 4 aliphatic carbocycles. The molecule has 0 unspecified atom stereocenters. The van der Waals surface area contributed by atoms with Crippen molar-refractivity contribution in [1.29, 1.82) is 0 Å². The van der Waals surface area contributed by atoms with Crippen LogP contribution in [0.1, 0.15) is 12.0 Å². The van der Waals surface area contributed by atoms with Crippen LogP contribution >= 0.6 is 11.6 Å². The third-order valence-corrected chi connectivity index (χ3v) is 8.03. The maximum atomic E-state index is 13.6. The van der Waals surface area contributed by atoms with E-state index in [9.17, 15) is 19.5 Å². The number of likely N-dealkylation sites (tertiary alicyclic amines) is 1. The summed E-state index contributed by atoms with van der Waals surface area (Å²) in [6.45, 7) is 0. The Labute approximate surface area is 196 Å². The third-order valence-electron chi connectivity index (χ3n) is 7.80. The molecule has 7 rings (SSSR count). The van der Waals surface area contributed by atoms with Crippen LogP contribution in [0.3, 0.4) is 0 Å². The number of aromatic hydroxyl groups is 1. The van der Waals surface area contributed by atoms with Crippen molar-refractivity contribution in [3.8, 4) is 5.75 Å². The highest BCUT2D eigenvalue weighted by molar-refractivity contribution is 6.31. The molecule has 7 atom stereocenters. The molecule has 1 saturated heterocycles. The van der Waals surface area contributed by atoms with E-state index in [2.05, 4.69) is 17.5 Å². The van der Waals surface area contributed by atoms with E-state index < -0.39 is 11.9 Å². The molecule has 2 saturated carbocycles. The van der Waals surface area contributed by atoms with Crippen LogP contribution in [-0.4, -0.2) is 33.8 Å². The second kappa shape index (κ2) is 7.45. The van der Waals surface area contributed by atoms with Crippen LogP contribution in [0.4, 0.5) is 5.69 Å². The summed E-state index contributed by atoms with van der Waals surface area (Å²) in [5.74, 6) is -0.757. The van der Waals surface area contributed by atoms with Crippen LogP contribution in [0, 0.1) is 35.5 Å². The molecule has 6 nitrogen and oxygen atoms in total. The smallest absolute Gasteiger partial charge is 0.248 e. The lowest BCUT2D eigenvalue weighted by molar-refractivity contribution is -0.146. The number of hydrogen-bond acceptors (Lipinski definition) is 4. The van der Waals surface area contributed by atoms with Crippen molar-refractivity contribution < 1.29 is 19.5 Å². The summed E-state index contributed by atoms with van der Waals surface area (Å²) >= 11 is 6.03. The average molecular weight is 463 g/mol. The average Bonchev–Trinajstić information content (AvgIpc) is 3.59. The van der Waals surface area contributed by atoms with Gasteiger partial charge in [0.25, 0.3) is 0 Å². The summed E-state index contributed by atoms with van der Waals surface area (Å²) in [5, 5.41) is 13.2. The Bertz CT molecular complexity index is 1160. The van der Waals surface area contributed by atoms with Crippen molar-refractivity contribution >= 4 is 35.0 Å². The minimum absolute atomic E-state index is 0.0869. The molecular weight excluding hydrogens is 440 g/mol. The number of phenolic OH excluding ortho intramolecular Hbond substituents is 1. The lowest BCUT2D eigenvalue weighted by Crippen LogP contribution is -2.49. The van der Waals surface area contributed by atoms with Gasteiger partial charge in [-0.15, -0.1) is 0 Å². The number of anilines is 1. The standard InChI is InChI=1S/C26H23ClN2O4/c27-14-6-9-21(30)19(11-14)28-24(31)20(10-13-4-2-1-3-5-13)29-25(32)22-15-7-8-16(18-12-17(15)18)23(22)26(29)33/h1-9,11,15-18,20,22-23,30H,10,12H2,(H,28,31)/t15-,16-,17-,18-,20-,22+,23+/m0/s1. The van der Waals surface area contributed by atoms with Gasteiger partial charge in [-0.1, -0.05) is 54.1 Å². The van der Waals surface area contributed by atoms with Crippen LogP contribution in [0.5, 0.6) is 5.75 Å². The molecule has 1 heterocycles. The van der Waals surface area contributed by atoms with Gasteiger partial charge in [0.05, 0.1) is 17.5 Å². The third kappa shape index (κ3) is 3.19. The number of hydrogen-bond donors (Lipinski definition) is 2. The molecule has 2 aromatic carbocycles. The number of phenols is 1. The van der Waals surface area contributed by atoms with Crippen LogP contribution in [0.15, 0.2) is 60.7 Å². The van der Waals surface area contributed by atoms with E-state index in [0.717, 1.165) is 12.0 Å². The number of nitrogens with zero attached hydrogens (tertiary/aromatic N) is 1. The van der Waals surface area contributed by atoms with Crippen molar-refractivity contribution in [1.82, 2.24) is 4.90 Å². The molecular formula is C26H23ClN2O4. The van der Waals surface area contributed by atoms with Crippen molar-refractivity contribution in [2.24, 2.45) is 35.5 Å². The number of carbonyl (C=O) groups is 3. The lowest BCUT2D eigenvalue weighted by Gasteiger charge is -2.37. The quantitative estimate of drug-likeness (QED) is 0.403. The van der Waals surface area contributed by atoms with Crippen LogP contribution in [-0.2, 0) is 20.8 Å². The van der Waals surface area contributed by atoms with Crippen molar-refractivity contribution in [3.63, 3.8) is 0 Å². The van der Waals surface area contributed by atoms with Gasteiger partial charge >= 0.3 is 0 Å². The number of halogens is 1. The zero-order chi connectivity index (χ0) is 22.9. The first-order valence-electron chi connectivity index (χ1n) is 11.3. The van der Waals surface area contributed by atoms with Gasteiger partial charge in [0.15, 0.2) is 0 Å². The number of carbonyl (C=O) groups excluding carboxylic acids is 3. The summed E-state index contributed by atoms with van der Waals surface area (Å²) in [5.41, 5.74) is 0.984. The van der Waals surface area contributed by atoms with Gasteiger partial charge < -0.3 is 10.4 Å². The highest BCUT2D eigenvalue weighted by Gasteiger charge is 2.67. The van der Waals surface area contributed by atoms with Gasteiger partial charge in [-0.25, -0.2) is 0 Å². The molecule has 5 aliphatic rings. The number of benzene rings is 2. The Morgan fingerprint density at radius 1 is 1.03 bits per heavy atom. The Morgan fingerprint density at radius 3 is 2.30 bits per heavy atom.